The molecule has 1 atom stereocenters. The maximum Gasteiger partial charge on any atom is 0.238 e. The Morgan fingerprint density at radius 3 is 2.78 bits per heavy atom. The Hall–Kier alpha value is -1.59. The minimum absolute atomic E-state index is 0.124. The van der Waals surface area contributed by atoms with Crippen LogP contribution in [0, 0.1) is 6.92 Å². The van der Waals surface area contributed by atoms with Crippen LogP contribution in [0.15, 0.2) is 18.2 Å². The van der Waals surface area contributed by atoms with Crippen LogP contribution in [0.2, 0.25) is 0 Å². The minimum Gasteiger partial charge on any atom is -0.398 e. The molecule has 5 heteroatoms. The van der Waals surface area contributed by atoms with Crippen molar-refractivity contribution in [1.82, 2.24) is 4.90 Å². The van der Waals surface area contributed by atoms with Crippen molar-refractivity contribution in [3.8, 4) is 0 Å². The molecule has 0 aliphatic rings. The zero-order valence-electron chi connectivity index (χ0n) is 11.1. The molecule has 0 heterocycles. The first-order valence-corrected chi connectivity index (χ1v) is 5.91. The van der Waals surface area contributed by atoms with E-state index in [2.05, 4.69) is 5.32 Å². The summed E-state index contributed by atoms with van der Waals surface area (Å²) in [5.41, 5.74) is 8.10. The van der Waals surface area contributed by atoms with E-state index in [0.29, 0.717) is 17.9 Å². The zero-order chi connectivity index (χ0) is 13.7. The van der Waals surface area contributed by atoms with Gasteiger partial charge in [0.25, 0.3) is 0 Å². The third-order valence-electron chi connectivity index (χ3n) is 2.55. The highest BCUT2D eigenvalue weighted by molar-refractivity contribution is 5.92. The normalized spacial score (nSPS) is 12.5. The molecule has 4 N–H and O–H groups in total. The van der Waals surface area contributed by atoms with Crippen molar-refractivity contribution in [2.24, 2.45) is 0 Å². The predicted molar refractivity (Wildman–Crippen MR) is 73.4 cm³/mol. The van der Waals surface area contributed by atoms with E-state index in [1.54, 1.807) is 24.9 Å². The number of benzene rings is 1. The van der Waals surface area contributed by atoms with E-state index in [9.17, 15) is 9.90 Å². The summed E-state index contributed by atoms with van der Waals surface area (Å²) >= 11 is 0. The van der Waals surface area contributed by atoms with Gasteiger partial charge in [0.05, 0.1) is 12.6 Å². The highest BCUT2D eigenvalue weighted by Gasteiger charge is 2.09. The second-order valence-electron chi connectivity index (χ2n) is 4.67. The van der Waals surface area contributed by atoms with Crippen molar-refractivity contribution in [2.45, 2.75) is 20.0 Å². The third-order valence-corrected chi connectivity index (χ3v) is 2.55. The van der Waals surface area contributed by atoms with Crippen LogP contribution in [0.3, 0.4) is 0 Å². The van der Waals surface area contributed by atoms with Crippen LogP contribution in [-0.2, 0) is 4.79 Å². The number of hydrogen-bond acceptors (Lipinski definition) is 4. The Balaban J connectivity index is 2.51. The molecular formula is C13H21N3O2. The van der Waals surface area contributed by atoms with E-state index >= 15 is 0 Å². The Morgan fingerprint density at radius 1 is 1.56 bits per heavy atom. The van der Waals surface area contributed by atoms with E-state index in [0.717, 1.165) is 5.56 Å². The Morgan fingerprint density at radius 2 is 2.22 bits per heavy atom. The van der Waals surface area contributed by atoms with Gasteiger partial charge in [-0.2, -0.15) is 0 Å². The highest BCUT2D eigenvalue weighted by atomic mass is 16.3. The topological polar surface area (TPSA) is 78.6 Å². The molecule has 0 fully saturated rings. The summed E-state index contributed by atoms with van der Waals surface area (Å²) in [4.78, 5) is 13.5. The highest BCUT2D eigenvalue weighted by Crippen LogP contribution is 2.16. The van der Waals surface area contributed by atoms with Crippen LogP contribution < -0.4 is 11.1 Å². The number of hydrogen-bond donors (Lipinski definition) is 3. The van der Waals surface area contributed by atoms with Crippen LogP contribution >= 0.6 is 0 Å². The molecule has 0 aliphatic heterocycles. The molecule has 1 unspecified atom stereocenters. The Kier molecular flexibility index (Phi) is 5.12. The second kappa shape index (κ2) is 6.37. The molecule has 0 saturated carbocycles. The molecule has 1 aromatic rings. The predicted octanol–water partition coefficient (Wildman–Crippen LogP) is 0.828. The van der Waals surface area contributed by atoms with E-state index in [-0.39, 0.29) is 12.5 Å². The van der Waals surface area contributed by atoms with Gasteiger partial charge in [-0.1, -0.05) is 6.07 Å². The molecule has 100 valence electrons. The summed E-state index contributed by atoms with van der Waals surface area (Å²) < 4.78 is 0. The van der Waals surface area contributed by atoms with Crippen molar-refractivity contribution in [3.05, 3.63) is 23.8 Å². The number of nitrogen functional groups attached to an aromatic ring is 1. The fraction of sp³-hybridized carbons (Fsp3) is 0.462. The van der Waals surface area contributed by atoms with Crippen molar-refractivity contribution < 1.29 is 9.90 Å². The number of nitrogens with zero attached hydrogens (tertiary/aromatic N) is 1. The molecule has 1 aromatic carbocycles. The molecule has 0 saturated heterocycles. The summed E-state index contributed by atoms with van der Waals surface area (Å²) in [7, 11) is 1.79. The van der Waals surface area contributed by atoms with Crippen LogP contribution in [0.25, 0.3) is 0 Å². The smallest absolute Gasteiger partial charge is 0.238 e. The monoisotopic (exact) mass is 251 g/mol. The van der Waals surface area contributed by atoms with Crippen molar-refractivity contribution in [3.63, 3.8) is 0 Å². The fourth-order valence-corrected chi connectivity index (χ4v) is 1.68. The third kappa shape index (κ3) is 4.73. The summed E-state index contributed by atoms with van der Waals surface area (Å²) in [5, 5.41) is 12.0. The van der Waals surface area contributed by atoms with Gasteiger partial charge in [0, 0.05) is 17.9 Å². The van der Waals surface area contributed by atoms with Crippen LogP contribution in [-0.4, -0.2) is 42.2 Å². The standard InChI is InChI=1S/C13H21N3O2/c1-9-4-5-11(6-12(9)14)15-13(18)8-16(3)7-10(2)17/h4-6,10,17H,7-8,14H2,1-3H3,(H,15,18). The first-order valence-electron chi connectivity index (χ1n) is 5.91. The number of aliphatic hydroxyl groups excluding tert-OH is 1. The quantitative estimate of drug-likeness (QED) is 0.677. The van der Waals surface area contributed by atoms with E-state index in [4.69, 9.17) is 5.73 Å². The summed E-state index contributed by atoms with van der Waals surface area (Å²) in [6.07, 6.45) is -0.446. The molecule has 1 amide bonds. The maximum atomic E-state index is 11.7. The maximum absolute atomic E-state index is 11.7. The number of likely N-dealkylation sites (N-methyl/N-ethyl adjacent to an activating group) is 1. The SMILES string of the molecule is Cc1ccc(NC(=O)CN(C)CC(C)O)cc1N. The first kappa shape index (κ1) is 14.5. The fourth-order valence-electron chi connectivity index (χ4n) is 1.68. The van der Waals surface area contributed by atoms with Crippen molar-refractivity contribution in [1.29, 1.82) is 0 Å². The van der Waals surface area contributed by atoms with Gasteiger partial charge < -0.3 is 16.2 Å². The lowest BCUT2D eigenvalue weighted by Crippen LogP contribution is -2.34. The lowest BCUT2D eigenvalue weighted by Gasteiger charge is -2.17. The van der Waals surface area contributed by atoms with Crippen LogP contribution in [0.5, 0.6) is 0 Å². The molecule has 0 aliphatic carbocycles. The number of aryl methyl sites for hydroxylation is 1. The number of aliphatic hydroxyl groups is 1. The zero-order valence-corrected chi connectivity index (χ0v) is 11.1. The minimum atomic E-state index is -0.446. The molecule has 18 heavy (non-hydrogen) atoms. The number of nitrogens with one attached hydrogen (secondary N) is 1. The summed E-state index contributed by atoms with van der Waals surface area (Å²) in [5.74, 6) is -0.124. The van der Waals surface area contributed by atoms with E-state index in [1.807, 2.05) is 19.1 Å². The van der Waals surface area contributed by atoms with Gasteiger partial charge in [0.2, 0.25) is 5.91 Å². The van der Waals surface area contributed by atoms with Gasteiger partial charge in [-0.15, -0.1) is 0 Å². The van der Waals surface area contributed by atoms with Gasteiger partial charge in [-0.25, -0.2) is 0 Å². The number of carbonyl (C=O) groups excluding carboxylic acids is 1. The average Bonchev–Trinajstić information content (AvgIpc) is 2.21. The number of rotatable bonds is 5. The van der Waals surface area contributed by atoms with Crippen LogP contribution in [0.4, 0.5) is 11.4 Å². The molecular weight excluding hydrogens is 230 g/mol. The molecule has 0 spiro atoms. The van der Waals surface area contributed by atoms with Crippen LogP contribution in [0.1, 0.15) is 12.5 Å². The number of amides is 1. The van der Waals surface area contributed by atoms with Crippen molar-refractivity contribution in [2.75, 3.05) is 31.2 Å². The molecule has 1 rings (SSSR count). The van der Waals surface area contributed by atoms with Gasteiger partial charge in [0.15, 0.2) is 0 Å². The summed E-state index contributed by atoms with van der Waals surface area (Å²) in [6.45, 7) is 4.30. The number of anilines is 2. The summed E-state index contributed by atoms with van der Waals surface area (Å²) in [6, 6.07) is 5.42. The van der Waals surface area contributed by atoms with Gasteiger partial charge >= 0.3 is 0 Å². The van der Waals surface area contributed by atoms with Gasteiger partial charge in [-0.05, 0) is 38.6 Å². The average molecular weight is 251 g/mol. The molecule has 0 aromatic heterocycles. The van der Waals surface area contributed by atoms with Crippen molar-refractivity contribution >= 4 is 17.3 Å². The lowest BCUT2D eigenvalue weighted by molar-refractivity contribution is -0.117. The van der Waals surface area contributed by atoms with Gasteiger partial charge in [0.1, 0.15) is 0 Å². The van der Waals surface area contributed by atoms with E-state index in [1.165, 1.54) is 0 Å². The Labute approximate surface area is 108 Å². The Bertz CT molecular complexity index is 419. The largest absolute Gasteiger partial charge is 0.398 e. The second-order valence-corrected chi connectivity index (χ2v) is 4.67. The van der Waals surface area contributed by atoms with E-state index < -0.39 is 6.10 Å². The van der Waals surface area contributed by atoms with Gasteiger partial charge in [-0.3, -0.25) is 9.69 Å². The number of carbonyl (C=O) groups is 1. The molecule has 5 nitrogen and oxygen atoms in total. The molecule has 0 radical (unpaired) electrons. The molecule has 0 bridgehead atoms. The lowest BCUT2D eigenvalue weighted by atomic mass is 10.2. The first-order chi connectivity index (χ1) is 8.38. The number of nitrogens with two attached hydrogens (primary N) is 1.